The number of rotatable bonds is 4. The highest BCUT2D eigenvalue weighted by atomic mass is 35.5. The van der Waals surface area contributed by atoms with Crippen LogP contribution in [0.5, 0.6) is 0 Å². The van der Waals surface area contributed by atoms with E-state index in [1.165, 1.54) is 26.2 Å². The molecule has 0 aliphatic heterocycles. The van der Waals surface area contributed by atoms with E-state index in [4.69, 9.17) is 11.6 Å². The van der Waals surface area contributed by atoms with Crippen molar-refractivity contribution in [2.24, 2.45) is 0 Å². The van der Waals surface area contributed by atoms with Crippen molar-refractivity contribution < 1.29 is 18.7 Å². The predicted molar refractivity (Wildman–Crippen MR) is 69.6 cm³/mol. The summed E-state index contributed by atoms with van der Waals surface area (Å²) in [7, 11) is 1.23. The standard InChI is InChI=1S/C13H15ClFNO3/c1-4-13(2,12(18)19-3)16-11(17)9-6-5-8(14)7-10(9)15/h5-7H,4H2,1-3H3,(H,16,17)/t13-/m1/s1. The molecule has 0 aliphatic rings. The van der Waals surface area contributed by atoms with Crippen LogP contribution in [0, 0.1) is 5.82 Å². The van der Waals surface area contributed by atoms with Crippen molar-refractivity contribution in [3.63, 3.8) is 0 Å². The van der Waals surface area contributed by atoms with Gasteiger partial charge in [0.25, 0.3) is 5.91 Å². The summed E-state index contributed by atoms with van der Waals surface area (Å²) in [5.74, 6) is -2.02. The zero-order valence-electron chi connectivity index (χ0n) is 10.9. The van der Waals surface area contributed by atoms with E-state index in [0.717, 1.165) is 6.07 Å². The molecule has 0 saturated carbocycles. The van der Waals surface area contributed by atoms with Crippen LogP contribution < -0.4 is 5.32 Å². The van der Waals surface area contributed by atoms with Crippen molar-refractivity contribution in [3.8, 4) is 0 Å². The quantitative estimate of drug-likeness (QED) is 0.866. The summed E-state index contributed by atoms with van der Waals surface area (Å²) < 4.78 is 18.2. The normalized spacial score (nSPS) is 13.5. The molecule has 0 heterocycles. The number of hydrogen-bond donors (Lipinski definition) is 1. The number of esters is 1. The van der Waals surface area contributed by atoms with Crippen molar-refractivity contribution in [2.45, 2.75) is 25.8 Å². The Labute approximate surface area is 115 Å². The molecule has 1 rings (SSSR count). The van der Waals surface area contributed by atoms with Crippen molar-refractivity contribution >= 4 is 23.5 Å². The molecule has 4 nitrogen and oxygen atoms in total. The van der Waals surface area contributed by atoms with E-state index in [2.05, 4.69) is 10.1 Å². The maximum Gasteiger partial charge on any atom is 0.331 e. The topological polar surface area (TPSA) is 55.4 Å². The van der Waals surface area contributed by atoms with Gasteiger partial charge in [0.05, 0.1) is 12.7 Å². The van der Waals surface area contributed by atoms with E-state index >= 15 is 0 Å². The van der Waals surface area contributed by atoms with Crippen LogP contribution in [0.4, 0.5) is 4.39 Å². The van der Waals surface area contributed by atoms with Crippen LogP contribution >= 0.6 is 11.6 Å². The molecular weight excluding hydrogens is 273 g/mol. The number of amides is 1. The van der Waals surface area contributed by atoms with E-state index in [0.29, 0.717) is 6.42 Å². The number of hydrogen-bond acceptors (Lipinski definition) is 3. The fourth-order valence-corrected chi connectivity index (χ4v) is 1.66. The van der Waals surface area contributed by atoms with Gasteiger partial charge in [-0.3, -0.25) is 4.79 Å². The zero-order valence-corrected chi connectivity index (χ0v) is 11.7. The van der Waals surface area contributed by atoms with Gasteiger partial charge in [-0.15, -0.1) is 0 Å². The van der Waals surface area contributed by atoms with Gasteiger partial charge in [-0.25, -0.2) is 9.18 Å². The highest BCUT2D eigenvalue weighted by molar-refractivity contribution is 6.30. The molecule has 0 saturated heterocycles. The van der Waals surface area contributed by atoms with Gasteiger partial charge in [0, 0.05) is 5.02 Å². The second kappa shape index (κ2) is 6.02. The SMILES string of the molecule is CC[C@@](C)(NC(=O)c1ccc(Cl)cc1F)C(=O)OC. The third kappa shape index (κ3) is 3.44. The maximum absolute atomic E-state index is 13.6. The average Bonchev–Trinajstić information content (AvgIpc) is 2.37. The highest BCUT2D eigenvalue weighted by Crippen LogP contribution is 2.17. The van der Waals surface area contributed by atoms with Gasteiger partial charge in [0.1, 0.15) is 11.4 Å². The fraction of sp³-hybridized carbons (Fsp3) is 0.385. The van der Waals surface area contributed by atoms with Crippen LogP contribution in [0.1, 0.15) is 30.6 Å². The Morgan fingerprint density at radius 1 is 1.47 bits per heavy atom. The lowest BCUT2D eigenvalue weighted by Gasteiger charge is -2.26. The van der Waals surface area contributed by atoms with Crippen molar-refractivity contribution in [2.75, 3.05) is 7.11 Å². The van der Waals surface area contributed by atoms with Crippen molar-refractivity contribution in [1.82, 2.24) is 5.32 Å². The molecule has 6 heteroatoms. The molecule has 1 aromatic rings. The van der Waals surface area contributed by atoms with E-state index < -0.39 is 23.2 Å². The molecule has 19 heavy (non-hydrogen) atoms. The number of halogens is 2. The summed E-state index contributed by atoms with van der Waals surface area (Å²) in [6, 6.07) is 3.71. The number of carbonyl (C=O) groups is 2. The molecule has 1 amide bonds. The lowest BCUT2D eigenvalue weighted by molar-refractivity contribution is -0.147. The van der Waals surface area contributed by atoms with Crippen LogP contribution in [0.3, 0.4) is 0 Å². The number of ether oxygens (including phenoxy) is 1. The third-order valence-corrected chi connectivity index (χ3v) is 3.14. The Morgan fingerprint density at radius 2 is 2.11 bits per heavy atom. The van der Waals surface area contributed by atoms with Crippen LogP contribution in [-0.4, -0.2) is 24.5 Å². The molecule has 0 spiro atoms. The second-order valence-electron chi connectivity index (χ2n) is 4.26. The molecule has 0 unspecified atom stereocenters. The van der Waals surface area contributed by atoms with Gasteiger partial charge in [-0.05, 0) is 31.5 Å². The Morgan fingerprint density at radius 3 is 2.58 bits per heavy atom. The van der Waals surface area contributed by atoms with Gasteiger partial charge >= 0.3 is 5.97 Å². The summed E-state index contributed by atoms with van der Waals surface area (Å²) in [6.07, 6.45) is 0.320. The molecule has 1 atom stereocenters. The molecule has 0 radical (unpaired) electrons. The van der Waals surface area contributed by atoms with Gasteiger partial charge in [0.2, 0.25) is 0 Å². The average molecular weight is 288 g/mol. The first-order valence-electron chi connectivity index (χ1n) is 5.70. The van der Waals surface area contributed by atoms with Crippen molar-refractivity contribution in [1.29, 1.82) is 0 Å². The largest absolute Gasteiger partial charge is 0.467 e. The summed E-state index contributed by atoms with van der Waals surface area (Å²) in [5, 5.41) is 2.67. The number of methoxy groups -OCH3 is 1. The molecule has 0 aromatic heterocycles. The minimum absolute atomic E-state index is 0.173. The lowest BCUT2D eigenvalue weighted by Crippen LogP contribution is -2.52. The molecule has 0 aliphatic carbocycles. The van der Waals surface area contributed by atoms with Crippen LogP contribution in [-0.2, 0) is 9.53 Å². The maximum atomic E-state index is 13.6. The molecule has 1 N–H and O–H groups in total. The first-order chi connectivity index (χ1) is 8.84. The van der Waals surface area contributed by atoms with Gasteiger partial charge in [0.15, 0.2) is 0 Å². The van der Waals surface area contributed by atoms with Crippen LogP contribution in [0.2, 0.25) is 5.02 Å². The van der Waals surface area contributed by atoms with Gasteiger partial charge in [-0.2, -0.15) is 0 Å². The smallest absolute Gasteiger partial charge is 0.331 e. The molecule has 0 bridgehead atoms. The van der Waals surface area contributed by atoms with Gasteiger partial charge in [-0.1, -0.05) is 18.5 Å². The van der Waals surface area contributed by atoms with E-state index in [-0.39, 0.29) is 10.6 Å². The van der Waals surface area contributed by atoms with Gasteiger partial charge < -0.3 is 10.1 Å². The van der Waals surface area contributed by atoms with Crippen molar-refractivity contribution in [3.05, 3.63) is 34.6 Å². The Bertz CT molecular complexity index is 507. The monoisotopic (exact) mass is 287 g/mol. The second-order valence-corrected chi connectivity index (χ2v) is 4.69. The molecule has 0 fully saturated rings. The zero-order chi connectivity index (χ0) is 14.6. The van der Waals surface area contributed by atoms with E-state index in [9.17, 15) is 14.0 Å². The van der Waals surface area contributed by atoms with Crippen LogP contribution in [0.25, 0.3) is 0 Å². The summed E-state index contributed by atoms with van der Waals surface area (Å²) in [4.78, 5) is 23.6. The summed E-state index contributed by atoms with van der Waals surface area (Å²) in [5.41, 5.74) is -1.37. The highest BCUT2D eigenvalue weighted by Gasteiger charge is 2.34. The number of nitrogens with one attached hydrogen (secondary N) is 1. The minimum atomic E-state index is -1.20. The fourth-order valence-electron chi connectivity index (χ4n) is 1.50. The lowest BCUT2D eigenvalue weighted by atomic mass is 9.98. The molecular formula is C13H15ClFNO3. The Kier molecular flexibility index (Phi) is 4.89. The molecule has 1 aromatic carbocycles. The minimum Gasteiger partial charge on any atom is -0.467 e. The molecule has 104 valence electrons. The first-order valence-corrected chi connectivity index (χ1v) is 6.08. The number of carbonyl (C=O) groups excluding carboxylic acids is 2. The number of benzene rings is 1. The van der Waals surface area contributed by atoms with E-state index in [1.54, 1.807) is 6.92 Å². The van der Waals surface area contributed by atoms with Crippen LogP contribution in [0.15, 0.2) is 18.2 Å². The summed E-state index contributed by atoms with van der Waals surface area (Å²) >= 11 is 5.61. The Hall–Kier alpha value is -1.62. The van der Waals surface area contributed by atoms with E-state index in [1.807, 2.05) is 0 Å². The third-order valence-electron chi connectivity index (χ3n) is 2.91. The predicted octanol–water partition coefficient (Wildman–Crippen LogP) is 2.55. The summed E-state index contributed by atoms with van der Waals surface area (Å²) in [6.45, 7) is 3.24. The Balaban J connectivity index is 2.98. The first kappa shape index (κ1) is 15.4.